The largest absolute Gasteiger partial charge is 0.317 e. The van der Waals surface area contributed by atoms with E-state index in [-0.39, 0.29) is 17.3 Å². The van der Waals surface area contributed by atoms with Crippen molar-refractivity contribution < 1.29 is 0 Å². The van der Waals surface area contributed by atoms with Crippen LogP contribution >= 0.6 is 23.7 Å². The molecule has 0 amide bonds. The van der Waals surface area contributed by atoms with Crippen molar-refractivity contribution in [3.63, 3.8) is 0 Å². The van der Waals surface area contributed by atoms with Gasteiger partial charge < -0.3 is 9.88 Å². The number of hydrogen-bond acceptors (Lipinski definition) is 5. The van der Waals surface area contributed by atoms with Crippen LogP contribution in [0.15, 0.2) is 47.4 Å². The van der Waals surface area contributed by atoms with Crippen LogP contribution in [0.4, 0.5) is 0 Å². The van der Waals surface area contributed by atoms with Gasteiger partial charge in [-0.25, -0.2) is 0 Å². The lowest BCUT2D eigenvalue weighted by Gasteiger charge is -2.31. The highest BCUT2D eigenvalue weighted by Crippen LogP contribution is 2.23. The van der Waals surface area contributed by atoms with E-state index in [1.807, 2.05) is 19.3 Å². The molecule has 3 heterocycles. The third-order valence-electron chi connectivity index (χ3n) is 5.40. The molecule has 1 saturated heterocycles. The highest BCUT2D eigenvalue weighted by Gasteiger charge is 2.21. The SMILES string of the molecule is Cl.Cn1c(=O)sc2cc(CN(Cc3ccccn3)C3CCCNCC3)ccc21. The molecule has 1 aromatic carbocycles. The number of rotatable bonds is 5. The lowest BCUT2D eigenvalue weighted by Crippen LogP contribution is -2.35. The molecule has 1 aliphatic rings. The van der Waals surface area contributed by atoms with Crippen LogP contribution in [0.1, 0.15) is 30.5 Å². The minimum absolute atomic E-state index is 0. The molecule has 3 aromatic rings. The van der Waals surface area contributed by atoms with Crippen LogP contribution in [0.5, 0.6) is 0 Å². The van der Waals surface area contributed by atoms with E-state index in [9.17, 15) is 4.79 Å². The third kappa shape index (κ3) is 4.81. The fourth-order valence-corrected chi connectivity index (χ4v) is 4.83. The summed E-state index contributed by atoms with van der Waals surface area (Å²) < 4.78 is 2.80. The molecule has 0 bridgehead atoms. The average Bonchev–Trinajstić information content (AvgIpc) is 2.86. The molecule has 0 aliphatic carbocycles. The summed E-state index contributed by atoms with van der Waals surface area (Å²) in [6, 6.07) is 13.1. The van der Waals surface area contributed by atoms with Gasteiger partial charge in [-0.2, -0.15) is 0 Å². The fraction of sp³-hybridized carbons (Fsp3) is 0.429. The summed E-state index contributed by atoms with van der Waals surface area (Å²) in [6.45, 7) is 3.92. The Kier molecular flexibility index (Phi) is 7.24. The topological polar surface area (TPSA) is 50.2 Å². The zero-order valence-electron chi connectivity index (χ0n) is 16.1. The number of aryl methyl sites for hydroxylation is 1. The minimum atomic E-state index is 0. The molecule has 0 saturated carbocycles. The molecule has 0 radical (unpaired) electrons. The van der Waals surface area contributed by atoms with Crippen molar-refractivity contribution in [2.75, 3.05) is 13.1 Å². The number of pyridine rings is 1. The van der Waals surface area contributed by atoms with Crippen molar-refractivity contribution in [1.29, 1.82) is 0 Å². The molecule has 1 aliphatic heterocycles. The summed E-state index contributed by atoms with van der Waals surface area (Å²) in [6.07, 6.45) is 5.45. The van der Waals surface area contributed by atoms with Gasteiger partial charge in [-0.1, -0.05) is 23.5 Å². The Labute approximate surface area is 175 Å². The molecular formula is C21H27ClN4OS. The Balaban J connectivity index is 0.00000225. The standard InChI is InChI=1S/C21H26N4OS.ClH/c1-24-19-8-7-16(13-20(19)27-21(24)26)14-25(15-17-5-2-3-11-23-17)18-6-4-10-22-12-9-18;/h2-3,5,7-8,11,13,18,22H,4,6,9-10,12,14-15H2,1H3;1H. The van der Waals surface area contributed by atoms with Crippen LogP contribution < -0.4 is 10.2 Å². The lowest BCUT2D eigenvalue weighted by molar-refractivity contribution is 0.162. The van der Waals surface area contributed by atoms with Gasteiger partial charge in [-0.05, 0) is 62.2 Å². The minimum Gasteiger partial charge on any atom is -0.317 e. The fourth-order valence-electron chi connectivity index (χ4n) is 3.89. The van der Waals surface area contributed by atoms with Gasteiger partial charge in [0.05, 0.1) is 15.9 Å². The third-order valence-corrected chi connectivity index (χ3v) is 6.39. The second kappa shape index (κ2) is 9.65. The molecule has 1 atom stereocenters. The summed E-state index contributed by atoms with van der Waals surface area (Å²) in [7, 11) is 1.84. The first kappa shape index (κ1) is 21.0. The molecule has 1 N–H and O–H groups in total. The van der Waals surface area contributed by atoms with Crippen LogP contribution in [0.2, 0.25) is 0 Å². The van der Waals surface area contributed by atoms with E-state index >= 15 is 0 Å². The Morgan fingerprint density at radius 2 is 2.11 bits per heavy atom. The summed E-state index contributed by atoms with van der Waals surface area (Å²) >= 11 is 1.33. The maximum absolute atomic E-state index is 12.0. The number of fused-ring (bicyclic) bond motifs is 1. The molecule has 7 heteroatoms. The van der Waals surface area contributed by atoms with Gasteiger partial charge >= 0.3 is 4.87 Å². The Bertz CT molecular complexity index is 948. The van der Waals surface area contributed by atoms with E-state index in [2.05, 4.69) is 45.5 Å². The number of aromatic nitrogens is 2. The van der Waals surface area contributed by atoms with Gasteiger partial charge in [0.15, 0.2) is 0 Å². The monoisotopic (exact) mass is 418 g/mol. The summed E-state index contributed by atoms with van der Waals surface area (Å²) in [5.41, 5.74) is 3.39. The molecule has 1 unspecified atom stereocenters. The maximum Gasteiger partial charge on any atom is 0.307 e. The molecule has 0 spiro atoms. The van der Waals surface area contributed by atoms with Crippen molar-refractivity contribution in [3.05, 3.63) is 63.5 Å². The molecule has 1 fully saturated rings. The van der Waals surface area contributed by atoms with Crippen molar-refractivity contribution >= 4 is 34.0 Å². The van der Waals surface area contributed by atoms with Gasteiger partial charge in [0.2, 0.25) is 0 Å². The zero-order valence-corrected chi connectivity index (χ0v) is 17.8. The lowest BCUT2D eigenvalue weighted by atomic mass is 10.1. The molecular weight excluding hydrogens is 392 g/mol. The number of benzene rings is 1. The summed E-state index contributed by atoms with van der Waals surface area (Å²) in [4.78, 5) is 19.2. The maximum atomic E-state index is 12.0. The second-order valence-electron chi connectivity index (χ2n) is 7.29. The highest BCUT2D eigenvalue weighted by molar-refractivity contribution is 7.16. The van der Waals surface area contributed by atoms with Gasteiger partial charge in [-0.15, -0.1) is 12.4 Å². The van der Waals surface area contributed by atoms with Crippen LogP contribution in [0, 0.1) is 0 Å². The predicted octanol–water partition coefficient (Wildman–Crippen LogP) is 3.56. The zero-order chi connectivity index (χ0) is 18.6. The van der Waals surface area contributed by atoms with Crippen molar-refractivity contribution in [2.24, 2.45) is 7.05 Å². The summed E-state index contributed by atoms with van der Waals surface area (Å²) in [5.74, 6) is 0. The number of halogens is 1. The van der Waals surface area contributed by atoms with Crippen LogP contribution in [-0.4, -0.2) is 33.6 Å². The van der Waals surface area contributed by atoms with Gasteiger partial charge in [0, 0.05) is 32.4 Å². The molecule has 28 heavy (non-hydrogen) atoms. The Hall–Kier alpha value is -1.73. The number of nitrogens with zero attached hydrogens (tertiary/aromatic N) is 3. The first-order valence-corrected chi connectivity index (χ1v) is 10.5. The van der Waals surface area contributed by atoms with Crippen molar-refractivity contribution in [2.45, 2.75) is 38.4 Å². The first-order valence-electron chi connectivity index (χ1n) is 9.64. The van der Waals surface area contributed by atoms with E-state index < -0.39 is 0 Å². The quantitative estimate of drug-likeness (QED) is 0.688. The van der Waals surface area contributed by atoms with E-state index in [0.717, 1.165) is 48.5 Å². The molecule has 5 nitrogen and oxygen atoms in total. The van der Waals surface area contributed by atoms with E-state index in [1.165, 1.54) is 29.7 Å². The average molecular weight is 419 g/mol. The molecule has 150 valence electrons. The highest BCUT2D eigenvalue weighted by atomic mass is 35.5. The van der Waals surface area contributed by atoms with E-state index in [4.69, 9.17) is 0 Å². The van der Waals surface area contributed by atoms with Crippen molar-refractivity contribution in [1.82, 2.24) is 19.8 Å². The Morgan fingerprint density at radius 1 is 1.21 bits per heavy atom. The van der Waals surface area contributed by atoms with Crippen LogP contribution in [-0.2, 0) is 20.1 Å². The Morgan fingerprint density at radius 3 is 2.93 bits per heavy atom. The van der Waals surface area contributed by atoms with E-state index in [0.29, 0.717) is 6.04 Å². The van der Waals surface area contributed by atoms with Gasteiger partial charge in [0.25, 0.3) is 0 Å². The van der Waals surface area contributed by atoms with Crippen molar-refractivity contribution in [3.8, 4) is 0 Å². The summed E-state index contributed by atoms with van der Waals surface area (Å²) in [5, 5.41) is 3.51. The van der Waals surface area contributed by atoms with Gasteiger partial charge in [-0.3, -0.25) is 14.7 Å². The number of hydrogen-bond donors (Lipinski definition) is 1. The van der Waals surface area contributed by atoms with E-state index in [1.54, 1.807) is 4.57 Å². The number of thiazole rings is 1. The predicted molar refractivity (Wildman–Crippen MR) is 118 cm³/mol. The van der Waals surface area contributed by atoms with Crippen LogP contribution in [0.3, 0.4) is 0 Å². The smallest absolute Gasteiger partial charge is 0.307 e. The van der Waals surface area contributed by atoms with Gasteiger partial charge in [0.1, 0.15) is 0 Å². The van der Waals surface area contributed by atoms with Crippen LogP contribution in [0.25, 0.3) is 10.2 Å². The molecule has 2 aromatic heterocycles. The first-order chi connectivity index (χ1) is 13.2. The normalized spacial score (nSPS) is 17.4. The number of nitrogens with one attached hydrogen (secondary N) is 1. The second-order valence-corrected chi connectivity index (χ2v) is 8.28. The molecule has 4 rings (SSSR count).